The van der Waals surface area contributed by atoms with Crippen LogP contribution in [0.5, 0.6) is 5.75 Å². The molecule has 1 aromatic rings. The molecule has 0 saturated carbocycles. The van der Waals surface area contributed by atoms with E-state index in [1.165, 1.54) is 0 Å². The van der Waals surface area contributed by atoms with Crippen molar-refractivity contribution >= 4 is 0 Å². The smallest absolute Gasteiger partial charge is 0.119 e. The topological polar surface area (TPSA) is 53.7 Å². The summed E-state index contributed by atoms with van der Waals surface area (Å²) in [5.41, 5.74) is 7.34. The maximum atomic E-state index is 5.70. The van der Waals surface area contributed by atoms with Crippen LogP contribution in [0.3, 0.4) is 0 Å². The molecule has 0 bridgehead atoms. The molecule has 1 aliphatic rings. The maximum absolute atomic E-state index is 5.70. The van der Waals surface area contributed by atoms with Crippen molar-refractivity contribution in [3.05, 3.63) is 29.3 Å². The van der Waals surface area contributed by atoms with E-state index in [0.29, 0.717) is 26.4 Å². The van der Waals surface area contributed by atoms with Crippen molar-refractivity contribution in [2.75, 3.05) is 26.9 Å². The fraction of sp³-hybridized carbons (Fsp3) is 0.429. The summed E-state index contributed by atoms with van der Waals surface area (Å²) in [5.74, 6) is 6.70. The van der Waals surface area contributed by atoms with Crippen LogP contribution in [0.2, 0.25) is 0 Å². The van der Waals surface area contributed by atoms with Crippen LogP contribution in [0.25, 0.3) is 0 Å². The van der Waals surface area contributed by atoms with E-state index in [1.807, 2.05) is 18.2 Å². The van der Waals surface area contributed by atoms with Gasteiger partial charge in [-0.15, -0.1) is 0 Å². The Bertz CT molecular complexity index is 458. The van der Waals surface area contributed by atoms with E-state index in [2.05, 4.69) is 11.8 Å². The Balaban J connectivity index is 2.11. The van der Waals surface area contributed by atoms with E-state index in [0.717, 1.165) is 16.9 Å². The highest BCUT2D eigenvalue weighted by Crippen LogP contribution is 2.19. The molecule has 18 heavy (non-hydrogen) atoms. The number of benzene rings is 1. The number of rotatable bonds is 4. The Morgan fingerprint density at radius 2 is 2.28 bits per heavy atom. The molecule has 0 aliphatic carbocycles. The average molecular weight is 247 g/mol. The van der Waals surface area contributed by atoms with Crippen LogP contribution in [0.4, 0.5) is 0 Å². The predicted octanol–water partition coefficient (Wildman–Crippen LogP) is 0.921. The fourth-order valence-corrected chi connectivity index (χ4v) is 1.60. The molecule has 0 spiro atoms. The zero-order valence-electron chi connectivity index (χ0n) is 10.4. The van der Waals surface area contributed by atoms with E-state index < -0.39 is 0 Å². The molecule has 0 amide bonds. The van der Waals surface area contributed by atoms with Crippen molar-refractivity contribution in [2.24, 2.45) is 5.73 Å². The molecule has 1 aromatic carbocycles. The summed E-state index contributed by atoms with van der Waals surface area (Å²) in [6.07, 6.45) is 0.200. The third-order valence-corrected chi connectivity index (χ3v) is 2.72. The first-order valence-electron chi connectivity index (χ1n) is 5.88. The lowest BCUT2D eigenvalue weighted by Gasteiger charge is -2.26. The normalized spacial score (nSPS) is 14.6. The average Bonchev–Trinajstić information content (AvgIpc) is 2.35. The third-order valence-electron chi connectivity index (χ3n) is 2.72. The maximum Gasteiger partial charge on any atom is 0.119 e. The quantitative estimate of drug-likeness (QED) is 0.804. The minimum atomic E-state index is 0.200. The second kappa shape index (κ2) is 6.41. The minimum absolute atomic E-state index is 0.200. The molecular formula is C14H17NO3. The summed E-state index contributed by atoms with van der Waals surface area (Å²) >= 11 is 0. The van der Waals surface area contributed by atoms with Gasteiger partial charge in [0.15, 0.2) is 0 Å². The third kappa shape index (κ3) is 3.23. The van der Waals surface area contributed by atoms with Crippen molar-refractivity contribution in [1.29, 1.82) is 0 Å². The largest absolute Gasteiger partial charge is 0.497 e. The molecule has 0 atom stereocenters. The molecule has 1 saturated heterocycles. The number of methoxy groups -OCH3 is 1. The number of hydrogen-bond acceptors (Lipinski definition) is 4. The molecule has 0 unspecified atom stereocenters. The Morgan fingerprint density at radius 3 is 2.89 bits per heavy atom. The summed E-state index contributed by atoms with van der Waals surface area (Å²) in [5, 5.41) is 0. The molecule has 4 nitrogen and oxygen atoms in total. The minimum Gasteiger partial charge on any atom is -0.497 e. The van der Waals surface area contributed by atoms with Crippen LogP contribution in [0, 0.1) is 11.8 Å². The molecule has 0 aromatic heterocycles. The van der Waals surface area contributed by atoms with Crippen LogP contribution in [-0.2, 0) is 16.1 Å². The molecule has 96 valence electrons. The van der Waals surface area contributed by atoms with Gasteiger partial charge < -0.3 is 19.9 Å². The van der Waals surface area contributed by atoms with E-state index in [9.17, 15) is 0 Å². The van der Waals surface area contributed by atoms with Gasteiger partial charge in [-0.3, -0.25) is 0 Å². The van der Waals surface area contributed by atoms with Crippen molar-refractivity contribution in [3.63, 3.8) is 0 Å². The van der Waals surface area contributed by atoms with Gasteiger partial charge in [0.2, 0.25) is 0 Å². The molecule has 2 N–H and O–H groups in total. The van der Waals surface area contributed by atoms with Crippen molar-refractivity contribution in [2.45, 2.75) is 12.7 Å². The molecular weight excluding hydrogens is 230 g/mol. The predicted molar refractivity (Wildman–Crippen MR) is 68.3 cm³/mol. The summed E-state index contributed by atoms with van der Waals surface area (Å²) < 4.78 is 16.0. The molecule has 1 heterocycles. The van der Waals surface area contributed by atoms with E-state index in [-0.39, 0.29) is 6.10 Å². The Hall–Kier alpha value is -1.54. The SMILES string of the molecule is COc1ccc(C#CCN)c(COC2COC2)c1. The van der Waals surface area contributed by atoms with Crippen molar-refractivity contribution in [3.8, 4) is 17.6 Å². The highest BCUT2D eigenvalue weighted by atomic mass is 16.6. The molecule has 2 rings (SSSR count). The lowest BCUT2D eigenvalue weighted by molar-refractivity contribution is -0.135. The van der Waals surface area contributed by atoms with Gasteiger partial charge in [0.25, 0.3) is 0 Å². The lowest BCUT2D eigenvalue weighted by Crippen LogP contribution is -2.35. The van der Waals surface area contributed by atoms with Gasteiger partial charge in [0.05, 0.1) is 33.5 Å². The molecule has 4 heteroatoms. The Labute approximate surface area is 107 Å². The number of nitrogens with two attached hydrogens (primary N) is 1. The fourth-order valence-electron chi connectivity index (χ4n) is 1.60. The summed E-state index contributed by atoms with van der Waals surface area (Å²) in [4.78, 5) is 0. The van der Waals surface area contributed by atoms with Gasteiger partial charge in [-0.05, 0) is 23.8 Å². The van der Waals surface area contributed by atoms with Gasteiger partial charge in [-0.2, -0.15) is 0 Å². The molecule has 1 aliphatic heterocycles. The Kier molecular flexibility index (Phi) is 4.59. The van der Waals surface area contributed by atoms with E-state index in [1.54, 1.807) is 7.11 Å². The van der Waals surface area contributed by atoms with E-state index >= 15 is 0 Å². The van der Waals surface area contributed by atoms with Gasteiger partial charge in [0.1, 0.15) is 11.9 Å². The van der Waals surface area contributed by atoms with Crippen LogP contribution in [0.15, 0.2) is 18.2 Å². The first-order chi connectivity index (χ1) is 8.83. The van der Waals surface area contributed by atoms with Crippen molar-refractivity contribution in [1.82, 2.24) is 0 Å². The van der Waals surface area contributed by atoms with Crippen molar-refractivity contribution < 1.29 is 14.2 Å². The standard InChI is InChI=1S/C14H17NO3/c1-16-13-5-4-11(3-2-6-15)12(7-13)8-18-14-9-17-10-14/h4-5,7,14H,6,8-10,15H2,1H3. The number of ether oxygens (including phenoxy) is 3. The summed E-state index contributed by atoms with van der Waals surface area (Å²) in [6.45, 7) is 2.21. The van der Waals surface area contributed by atoms with Gasteiger partial charge in [-0.25, -0.2) is 0 Å². The highest BCUT2D eigenvalue weighted by Gasteiger charge is 2.19. The van der Waals surface area contributed by atoms with E-state index in [4.69, 9.17) is 19.9 Å². The second-order valence-electron chi connectivity index (χ2n) is 4.00. The van der Waals surface area contributed by atoms with Crippen LogP contribution >= 0.6 is 0 Å². The highest BCUT2D eigenvalue weighted by molar-refractivity contribution is 5.45. The van der Waals surface area contributed by atoms with Crippen LogP contribution in [0.1, 0.15) is 11.1 Å². The zero-order valence-corrected chi connectivity index (χ0v) is 10.4. The number of hydrogen-bond donors (Lipinski definition) is 1. The first kappa shape index (κ1) is 12.9. The lowest BCUT2D eigenvalue weighted by atomic mass is 10.1. The Morgan fingerprint density at radius 1 is 1.44 bits per heavy atom. The molecule has 1 fully saturated rings. The zero-order chi connectivity index (χ0) is 12.8. The van der Waals surface area contributed by atoms with Crippen LogP contribution < -0.4 is 10.5 Å². The van der Waals surface area contributed by atoms with Gasteiger partial charge in [-0.1, -0.05) is 11.8 Å². The first-order valence-corrected chi connectivity index (χ1v) is 5.88. The monoisotopic (exact) mass is 247 g/mol. The summed E-state index contributed by atoms with van der Waals surface area (Å²) in [7, 11) is 1.64. The van der Waals surface area contributed by atoms with Gasteiger partial charge in [0, 0.05) is 5.56 Å². The van der Waals surface area contributed by atoms with Crippen LogP contribution in [-0.4, -0.2) is 33.0 Å². The second-order valence-corrected chi connectivity index (χ2v) is 4.00. The summed E-state index contributed by atoms with van der Waals surface area (Å²) in [6, 6.07) is 5.76. The molecule has 0 radical (unpaired) electrons. The van der Waals surface area contributed by atoms with Gasteiger partial charge >= 0.3 is 0 Å².